The van der Waals surface area contributed by atoms with Crippen LogP contribution in [0.1, 0.15) is 30.5 Å². The van der Waals surface area contributed by atoms with Gasteiger partial charge in [0.15, 0.2) is 0 Å². The Morgan fingerprint density at radius 2 is 2.10 bits per heavy atom. The third-order valence-corrected chi connectivity index (χ3v) is 4.29. The van der Waals surface area contributed by atoms with Gasteiger partial charge in [0.1, 0.15) is 11.9 Å². The Kier molecular flexibility index (Phi) is 2.09. The lowest BCUT2D eigenvalue weighted by Gasteiger charge is -2.36. The van der Waals surface area contributed by atoms with Gasteiger partial charge in [0.25, 0.3) is 0 Å². The Morgan fingerprint density at radius 3 is 2.95 bits per heavy atom. The first-order valence-corrected chi connectivity index (χ1v) is 6.74. The maximum Gasteiger partial charge on any atom is 0.221 e. The second-order valence-electron chi connectivity index (χ2n) is 5.95. The summed E-state index contributed by atoms with van der Waals surface area (Å²) in [5.74, 6) is 0.996. The maximum atomic E-state index is 9.76. The van der Waals surface area contributed by atoms with E-state index < -0.39 is 0 Å². The van der Waals surface area contributed by atoms with Gasteiger partial charge in [-0.25, -0.2) is 4.98 Å². The summed E-state index contributed by atoms with van der Waals surface area (Å²) in [6.07, 6.45) is 3.85. The van der Waals surface area contributed by atoms with Crippen LogP contribution in [0.25, 0.3) is 11.6 Å². The fraction of sp³-hybridized carbons (Fsp3) is 0.235. The Balaban J connectivity index is 1.98. The van der Waals surface area contributed by atoms with Crippen molar-refractivity contribution in [3.05, 3.63) is 53.2 Å². The van der Waals surface area contributed by atoms with Crippen LogP contribution in [0.2, 0.25) is 0 Å². The van der Waals surface area contributed by atoms with E-state index in [1.165, 1.54) is 5.57 Å². The molecule has 1 aromatic carbocycles. The van der Waals surface area contributed by atoms with Crippen LogP contribution < -0.4 is 4.74 Å². The van der Waals surface area contributed by atoms with E-state index in [9.17, 15) is 5.11 Å². The summed E-state index contributed by atoms with van der Waals surface area (Å²) in [4.78, 5) is 4.32. The molecule has 0 radical (unpaired) electrons. The van der Waals surface area contributed by atoms with Crippen LogP contribution in [0.15, 0.2) is 36.5 Å². The Bertz CT molecular complexity index is 746. The van der Waals surface area contributed by atoms with Crippen molar-refractivity contribution in [1.82, 2.24) is 4.98 Å². The average molecular weight is 265 g/mol. The fourth-order valence-electron chi connectivity index (χ4n) is 3.25. The van der Waals surface area contributed by atoms with Crippen molar-refractivity contribution in [2.24, 2.45) is 0 Å². The van der Waals surface area contributed by atoms with Gasteiger partial charge in [-0.15, -0.1) is 0 Å². The Morgan fingerprint density at radius 1 is 1.25 bits per heavy atom. The summed E-state index contributed by atoms with van der Waals surface area (Å²) >= 11 is 0. The monoisotopic (exact) mass is 265 g/mol. The summed E-state index contributed by atoms with van der Waals surface area (Å²) in [6.45, 7) is 4.30. The number of aromatic nitrogens is 1. The van der Waals surface area contributed by atoms with Crippen LogP contribution in [0.4, 0.5) is 0 Å². The molecule has 0 spiro atoms. The second kappa shape index (κ2) is 3.63. The molecule has 1 N–H and O–H groups in total. The number of fused-ring (bicyclic) bond motifs is 4. The summed E-state index contributed by atoms with van der Waals surface area (Å²) in [5.41, 5.74) is 4.29. The number of rotatable bonds is 0. The second-order valence-corrected chi connectivity index (χ2v) is 5.95. The zero-order chi connectivity index (χ0) is 13.9. The van der Waals surface area contributed by atoms with E-state index in [-0.39, 0.29) is 11.5 Å². The minimum absolute atomic E-state index is 0.0540. The van der Waals surface area contributed by atoms with E-state index in [2.05, 4.69) is 31.0 Å². The summed E-state index contributed by atoms with van der Waals surface area (Å²) in [7, 11) is 0. The van der Waals surface area contributed by atoms with Gasteiger partial charge in [-0.2, -0.15) is 0 Å². The first kappa shape index (κ1) is 11.5. The number of hydrogen-bond donors (Lipinski definition) is 1. The average Bonchev–Trinajstić information content (AvgIpc) is 2.80. The van der Waals surface area contributed by atoms with Crippen molar-refractivity contribution in [3.8, 4) is 11.6 Å². The summed E-state index contributed by atoms with van der Waals surface area (Å²) in [6, 6.07) is 9.51. The highest BCUT2D eigenvalue weighted by atomic mass is 16.5. The molecule has 1 unspecified atom stereocenters. The number of aromatic hydroxyl groups is 1. The number of phenolic OH excluding ortho intramolecular Hbond substituents is 1. The minimum Gasteiger partial charge on any atom is -0.508 e. The normalized spacial score (nSPS) is 21.3. The summed E-state index contributed by atoms with van der Waals surface area (Å²) in [5, 5.41) is 9.76. The van der Waals surface area contributed by atoms with E-state index in [0.29, 0.717) is 11.6 Å². The van der Waals surface area contributed by atoms with Crippen LogP contribution >= 0.6 is 0 Å². The first-order chi connectivity index (χ1) is 9.57. The molecule has 2 heterocycles. The molecule has 1 aromatic heterocycles. The van der Waals surface area contributed by atoms with Crippen molar-refractivity contribution in [1.29, 1.82) is 0 Å². The lowest BCUT2D eigenvalue weighted by atomic mass is 9.70. The molecule has 1 aliphatic heterocycles. The summed E-state index contributed by atoms with van der Waals surface area (Å²) < 4.78 is 6.06. The molecule has 3 heteroatoms. The molecule has 0 bridgehead atoms. The Labute approximate surface area is 117 Å². The fourth-order valence-corrected chi connectivity index (χ4v) is 3.25. The van der Waals surface area contributed by atoms with E-state index in [1.807, 2.05) is 18.2 Å². The molecule has 20 heavy (non-hydrogen) atoms. The van der Waals surface area contributed by atoms with Crippen LogP contribution in [-0.2, 0) is 5.41 Å². The van der Waals surface area contributed by atoms with Crippen molar-refractivity contribution in [3.63, 3.8) is 0 Å². The molecule has 2 aromatic rings. The van der Waals surface area contributed by atoms with Crippen LogP contribution in [0.5, 0.6) is 11.6 Å². The number of benzene rings is 1. The van der Waals surface area contributed by atoms with Crippen molar-refractivity contribution >= 4 is 11.6 Å². The minimum atomic E-state index is -0.209. The van der Waals surface area contributed by atoms with E-state index >= 15 is 0 Å². The molecule has 0 fully saturated rings. The van der Waals surface area contributed by atoms with Gasteiger partial charge >= 0.3 is 0 Å². The SMILES string of the molecule is CC1(C)c2cc(O)ccc2C=C2c3cccnc3OC21. The molecule has 2 aliphatic rings. The molecule has 4 rings (SSSR count). The van der Waals surface area contributed by atoms with Gasteiger partial charge in [0.2, 0.25) is 5.88 Å². The smallest absolute Gasteiger partial charge is 0.221 e. The van der Waals surface area contributed by atoms with Gasteiger partial charge in [0.05, 0.1) is 0 Å². The van der Waals surface area contributed by atoms with Crippen LogP contribution in [-0.4, -0.2) is 16.2 Å². The lowest BCUT2D eigenvalue weighted by molar-refractivity contribution is 0.184. The largest absolute Gasteiger partial charge is 0.508 e. The maximum absolute atomic E-state index is 9.76. The number of nitrogens with zero attached hydrogens (tertiary/aromatic N) is 1. The highest BCUT2D eigenvalue weighted by Crippen LogP contribution is 2.50. The topological polar surface area (TPSA) is 42.4 Å². The molecule has 0 saturated heterocycles. The number of pyridine rings is 1. The van der Waals surface area contributed by atoms with Crippen LogP contribution in [0, 0.1) is 0 Å². The first-order valence-electron chi connectivity index (χ1n) is 6.74. The van der Waals surface area contributed by atoms with Gasteiger partial charge in [0, 0.05) is 22.7 Å². The number of ether oxygens (including phenoxy) is 1. The molecule has 0 amide bonds. The Hall–Kier alpha value is -2.29. The highest BCUT2D eigenvalue weighted by molar-refractivity contribution is 5.92. The van der Waals surface area contributed by atoms with Gasteiger partial charge in [-0.3, -0.25) is 0 Å². The molecular weight excluding hydrogens is 250 g/mol. The van der Waals surface area contributed by atoms with Gasteiger partial charge in [-0.1, -0.05) is 19.9 Å². The van der Waals surface area contributed by atoms with Gasteiger partial charge < -0.3 is 9.84 Å². The third-order valence-electron chi connectivity index (χ3n) is 4.29. The zero-order valence-electron chi connectivity index (χ0n) is 11.4. The predicted octanol–water partition coefficient (Wildman–Crippen LogP) is 3.38. The molecule has 100 valence electrons. The third kappa shape index (κ3) is 1.38. The molecule has 1 aliphatic carbocycles. The predicted molar refractivity (Wildman–Crippen MR) is 77.7 cm³/mol. The lowest BCUT2D eigenvalue weighted by Crippen LogP contribution is -2.39. The molecule has 1 atom stereocenters. The van der Waals surface area contributed by atoms with Crippen molar-refractivity contribution in [2.75, 3.05) is 0 Å². The van der Waals surface area contributed by atoms with Crippen molar-refractivity contribution in [2.45, 2.75) is 25.4 Å². The zero-order valence-corrected chi connectivity index (χ0v) is 11.4. The number of hydrogen-bond acceptors (Lipinski definition) is 3. The standard InChI is InChI=1S/C17H15NO2/c1-17(2)14-9-11(19)6-5-10(14)8-13-12-4-3-7-18-16(12)20-15(13)17/h3-9,15,19H,1-2H3. The molecule has 3 nitrogen and oxygen atoms in total. The van der Waals surface area contributed by atoms with E-state index in [1.54, 1.807) is 12.3 Å². The van der Waals surface area contributed by atoms with Crippen molar-refractivity contribution < 1.29 is 9.84 Å². The van der Waals surface area contributed by atoms with E-state index in [0.717, 1.165) is 16.7 Å². The number of phenols is 1. The van der Waals surface area contributed by atoms with E-state index in [4.69, 9.17) is 4.74 Å². The van der Waals surface area contributed by atoms with Crippen LogP contribution in [0.3, 0.4) is 0 Å². The quantitative estimate of drug-likeness (QED) is 0.794. The van der Waals surface area contributed by atoms with Gasteiger partial charge in [-0.05, 0) is 41.5 Å². The molecular formula is C17H15NO2. The molecule has 0 saturated carbocycles. The highest BCUT2D eigenvalue weighted by Gasteiger charge is 2.45.